The van der Waals surface area contributed by atoms with Crippen LogP contribution in [0.4, 0.5) is 0 Å². The number of hydrogen-bond acceptors (Lipinski definition) is 4. The van der Waals surface area contributed by atoms with E-state index in [9.17, 15) is 9.90 Å². The van der Waals surface area contributed by atoms with Gasteiger partial charge in [-0.3, -0.25) is 9.78 Å². The van der Waals surface area contributed by atoms with E-state index in [0.717, 1.165) is 5.56 Å². The molecule has 0 radical (unpaired) electrons. The van der Waals surface area contributed by atoms with Gasteiger partial charge in [-0.15, -0.1) is 0 Å². The second-order valence-electron chi connectivity index (χ2n) is 4.34. The van der Waals surface area contributed by atoms with Crippen LogP contribution < -0.4 is 10.1 Å². The number of carbonyl (C=O) groups is 1. The van der Waals surface area contributed by atoms with Gasteiger partial charge in [0.15, 0.2) is 11.5 Å². The number of carbonyl (C=O) groups excluding carboxylic acids is 1. The second-order valence-corrected chi connectivity index (χ2v) is 4.34. The molecule has 104 valence electrons. The molecule has 1 atom stereocenters. The first-order chi connectivity index (χ1) is 9.63. The molecular weight excluding hydrogens is 256 g/mol. The number of hydrogen-bond donors (Lipinski definition) is 2. The molecule has 1 amide bonds. The van der Waals surface area contributed by atoms with Crippen LogP contribution in [0.5, 0.6) is 11.5 Å². The number of amides is 1. The number of phenols is 1. The van der Waals surface area contributed by atoms with Crippen LogP contribution >= 0.6 is 0 Å². The molecule has 0 bridgehead atoms. The number of pyridine rings is 1. The van der Waals surface area contributed by atoms with Gasteiger partial charge < -0.3 is 15.2 Å². The van der Waals surface area contributed by atoms with Crippen molar-refractivity contribution in [2.45, 2.75) is 13.0 Å². The molecule has 20 heavy (non-hydrogen) atoms. The van der Waals surface area contributed by atoms with Crippen LogP contribution in [-0.2, 0) is 0 Å². The first-order valence-corrected chi connectivity index (χ1v) is 6.20. The number of nitrogens with zero attached hydrogens (tertiary/aromatic N) is 1. The fraction of sp³-hybridized carbons (Fsp3) is 0.200. The largest absolute Gasteiger partial charge is 0.504 e. The SMILES string of the molecule is COc1cccc(C(=O)NC(C)c2cccnc2)c1O. The van der Waals surface area contributed by atoms with E-state index in [0.29, 0.717) is 0 Å². The number of rotatable bonds is 4. The summed E-state index contributed by atoms with van der Waals surface area (Å²) in [5.41, 5.74) is 1.07. The lowest BCUT2D eigenvalue weighted by Gasteiger charge is -2.15. The summed E-state index contributed by atoms with van der Waals surface area (Å²) in [5.74, 6) is -0.254. The fourth-order valence-electron chi connectivity index (χ4n) is 1.86. The minimum Gasteiger partial charge on any atom is -0.504 e. The molecule has 0 aliphatic carbocycles. The third kappa shape index (κ3) is 2.88. The molecule has 2 rings (SSSR count). The third-order valence-electron chi connectivity index (χ3n) is 3.00. The zero-order valence-electron chi connectivity index (χ0n) is 11.3. The summed E-state index contributed by atoms with van der Waals surface area (Å²) in [4.78, 5) is 16.2. The Hall–Kier alpha value is -2.56. The van der Waals surface area contributed by atoms with Gasteiger partial charge in [0, 0.05) is 12.4 Å². The van der Waals surface area contributed by atoms with Gasteiger partial charge in [0.2, 0.25) is 0 Å². The van der Waals surface area contributed by atoms with Crippen molar-refractivity contribution in [1.82, 2.24) is 10.3 Å². The maximum atomic E-state index is 12.2. The van der Waals surface area contributed by atoms with E-state index in [-0.39, 0.29) is 29.0 Å². The smallest absolute Gasteiger partial charge is 0.255 e. The second kappa shape index (κ2) is 6.06. The maximum absolute atomic E-state index is 12.2. The summed E-state index contributed by atoms with van der Waals surface area (Å²) in [6.45, 7) is 1.85. The molecule has 1 aromatic carbocycles. The van der Waals surface area contributed by atoms with Gasteiger partial charge in [0.05, 0.1) is 18.7 Å². The Balaban J connectivity index is 2.17. The first kappa shape index (κ1) is 13.9. The first-order valence-electron chi connectivity index (χ1n) is 6.20. The van der Waals surface area contributed by atoms with Gasteiger partial charge in [-0.2, -0.15) is 0 Å². The van der Waals surface area contributed by atoms with E-state index in [4.69, 9.17) is 4.74 Å². The average Bonchev–Trinajstić information content (AvgIpc) is 2.48. The van der Waals surface area contributed by atoms with Crippen molar-refractivity contribution in [3.8, 4) is 11.5 Å². The Morgan fingerprint density at radius 3 is 2.80 bits per heavy atom. The summed E-state index contributed by atoms with van der Waals surface area (Å²) >= 11 is 0. The fourth-order valence-corrected chi connectivity index (χ4v) is 1.86. The molecule has 1 heterocycles. The normalized spacial score (nSPS) is 11.7. The van der Waals surface area contributed by atoms with Gasteiger partial charge in [-0.25, -0.2) is 0 Å². The van der Waals surface area contributed by atoms with Gasteiger partial charge in [0.25, 0.3) is 5.91 Å². The Bertz CT molecular complexity index is 599. The van der Waals surface area contributed by atoms with E-state index in [1.165, 1.54) is 7.11 Å². The van der Waals surface area contributed by atoms with E-state index in [1.54, 1.807) is 36.7 Å². The van der Waals surface area contributed by atoms with Crippen molar-refractivity contribution in [2.75, 3.05) is 7.11 Å². The topological polar surface area (TPSA) is 71.5 Å². The number of phenolic OH excluding ortho intramolecular Hbond substituents is 1. The van der Waals surface area contributed by atoms with Crippen LogP contribution in [0.1, 0.15) is 28.9 Å². The van der Waals surface area contributed by atoms with Crippen LogP contribution in [0, 0.1) is 0 Å². The molecule has 5 heteroatoms. The number of para-hydroxylation sites is 1. The summed E-state index contributed by atoms with van der Waals surface area (Å²) < 4.78 is 4.99. The van der Waals surface area contributed by atoms with E-state index in [1.807, 2.05) is 13.0 Å². The molecule has 2 N–H and O–H groups in total. The van der Waals surface area contributed by atoms with Crippen LogP contribution in [0.3, 0.4) is 0 Å². The average molecular weight is 272 g/mol. The number of benzene rings is 1. The Labute approximate surface area is 117 Å². The van der Waals surface area contributed by atoms with Crippen LogP contribution in [0.25, 0.3) is 0 Å². The summed E-state index contributed by atoms with van der Waals surface area (Å²) in [6, 6.07) is 8.27. The number of nitrogens with one attached hydrogen (secondary N) is 1. The molecule has 1 unspecified atom stereocenters. The minimum atomic E-state index is -0.363. The molecule has 0 saturated heterocycles. The molecule has 2 aromatic rings. The lowest BCUT2D eigenvalue weighted by Crippen LogP contribution is -2.26. The molecule has 1 aromatic heterocycles. The van der Waals surface area contributed by atoms with Crippen molar-refractivity contribution in [3.63, 3.8) is 0 Å². The highest BCUT2D eigenvalue weighted by Gasteiger charge is 2.17. The number of aromatic nitrogens is 1. The third-order valence-corrected chi connectivity index (χ3v) is 3.00. The van der Waals surface area contributed by atoms with E-state index in [2.05, 4.69) is 10.3 Å². The molecule has 0 spiro atoms. The molecule has 0 saturated carbocycles. The zero-order valence-corrected chi connectivity index (χ0v) is 11.3. The van der Waals surface area contributed by atoms with Crippen LogP contribution in [-0.4, -0.2) is 23.1 Å². The van der Waals surface area contributed by atoms with Crippen molar-refractivity contribution >= 4 is 5.91 Å². The van der Waals surface area contributed by atoms with Crippen LogP contribution in [0.15, 0.2) is 42.7 Å². The molecular formula is C15H16N2O3. The van der Waals surface area contributed by atoms with Crippen molar-refractivity contribution in [2.24, 2.45) is 0 Å². The van der Waals surface area contributed by atoms with Gasteiger partial charge in [-0.05, 0) is 30.7 Å². The zero-order chi connectivity index (χ0) is 14.5. The Kier molecular flexibility index (Phi) is 4.20. The highest BCUT2D eigenvalue weighted by atomic mass is 16.5. The Morgan fingerprint density at radius 2 is 2.15 bits per heavy atom. The number of ether oxygens (including phenoxy) is 1. The minimum absolute atomic E-state index is 0.161. The maximum Gasteiger partial charge on any atom is 0.255 e. The van der Waals surface area contributed by atoms with Gasteiger partial charge >= 0.3 is 0 Å². The lowest BCUT2D eigenvalue weighted by molar-refractivity contribution is 0.0936. The van der Waals surface area contributed by atoms with Crippen molar-refractivity contribution in [1.29, 1.82) is 0 Å². The highest BCUT2D eigenvalue weighted by Crippen LogP contribution is 2.29. The van der Waals surface area contributed by atoms with Gasteiger partial charge in [0.1, 0.15) is 0 Å². The molecule has 5 nitrogen and oxygen atoms in total. The van der Waals surface area contributed by atoms with Crippen molar-refractivity contribution < 1.29 is 14.6 Å². The number of aromatic hydroxyl groups is 1. The molecule has 0 aliphatic rings. The lowest BCUT2D eigenvalue weighted by atomic mass is 10.1. The standard InChI is InChI=1S/C15H16N2O3/c1-10(11-5-4-8-16-9-11)17-15(19)12-6-3-7-13(20-2)14(12)18/h3-10,18H,1-2H3,(H,17,19). The van der Waals surface area contributed by atoms with Crippen molar-refractivity contribution in [3.05, 3.63) is 53.9 Å². The predicted octanol–water partition coefficient (Wildman–Crippen LogP) is 2.29. The monoisotopic (exact) mass is 272 g/mol. The van der Waals surface area contributed by atoms with Gasteiger partial charge in [-0.1, -0.05) is 12.1 Å². The Morgan fingerprint density at radius 1 is 1.35 bits per heavy atom. The molecule has 0 aliphatic heterocycles. The van der Waals surface area contributed by atoms with E-state index < -0.39 is 0 Å². The molecule has 0 fully saturated rings. The highest BCUT2D eigenvalue weighted by molar-refractivity contribution is 5.97. The quantitative estimate of drug-likeness (QED) is 0.895. The van der Waals surface area contributed by atoms with E-state index >= 15 is 0 Å². The summed E-state index contributed by atoms with van der Waals surface area (Å²) in [6.07, 6.45) is 3.36. The summed E-state index contributed by atoms with van der Waals surface area (Å²) in [5, 5.41) is 12.8. The van der Waals surface area contributed by atoms with Crippen LogP contribution in [0.2, 0.25) is 0 Å². The number of methoxy groups -OCH3 is 1. The summed E-state index contributed by atoms with van der Waals surface area (Å²) in [7, 11) is 1.44. The predicted molar refractivity (Wildman–Crippen MR) is 74.8 cm³/mol.